The second-order valence-electron chi connectivity index (χ2n) is 12.6. The molecule has 1 amide bonds. The summed E-state index contributed by atoms with van der Waals surface area (Å²) in [6, 6.07) is 13.7. The van der Waals surface area contributed by atoms with Crippen LogP contribution in [0, 0.1) is 5.92 Å². The number of carbonyl (C=O) groups is 1. The molecule has 4 N–H and O–H groups in total. The number of nitrogens with zero attached hydrogens (tertiary/aromatic N) is 4. The first-order valence-corrected chi connectivity index (χ1v) is 15.5. The van der Waals surface area contributed by atoms with E-state index in [4.69, 9.17) is 15.7 Å². The maximum Gasteiger partial charge on any atom is 0.281 e. The van der Waals surface area contributed by atoms with Gasteiger partial charge in [0, 0.05) is 29.7 Å². The van der Waals surface area contributed by atoms with Crippen LogP contribution in [-0.2, 0) is 22.0 Å². The van der Waals surface area contributed by atoms with Crippen LogP contribution in [0.5, 0.6) is 0 Å². The fourth-order valence-electron chi connectivity index (χ4n) is 5.76. The van der Waals surface area contributed by atoms with Gasteiger partial charge in [-0.25, -0.2) is 14.7 Å². The van der Waals surface area contributed by atoms with Crippen molar-refractivity contribution in [3.05, 3.63) is 71.2 Å². The molecule has 10 nitrogen and oxygen atoms in total. The van der Waals surface area contributed by atoms with Crippen LogP contribution in [-0.4, -0.2) is 41.4 Å². The first-order valence-electron chi connectivity index (χ1n) is 14.0. The molecule has 12 heteroatoms. The van der Waals surface area contributed by atoms with Crippen molar-refractivity contribution in [2.45, 2.75) is 82.4 Å². The predicted molar refractivity (Wildman–Crippen MR) is 166 cm³/mol. The van der Waals surface area contributed by atoms with Gasteiger partial charge in [-0.15, -0.1) is 12.4 Å². The zero-order chi connectivity index (χ0) is 29.6. The van der Waals surface area contributed by atoms with Gasteiger partial charge in [-0.3, -0.25) is 9.78 Å². The number of hydrogen-bond acceptors (Lipinski definition) is 9. The smallest absolute Gasteiger partial charge is 0.281 e. The molecule has 226 valence electrons. The Balaban J connectivity index is 0.00000405. The molecular weight excluding hydrogens is 574 g/mol. The van der Waals surface area contributed by atoms with Gasteiger partial charge in [-0.2, -0.15) is 8.42 Å². The Labute approximate surface area is 254 Å². The monoisotopic (exact) mass is 613 g/mol. The highest BCUT2D eigenvalue weighted by Gasteiger charge is 2.41. The Morgan fingerprint density at radius 1 is 1.02 bits per heavy atom. The predicted octanol–water partition coefficient (Wildman–Crippen LogP) is 4.72. The number of nitrogens with one attached hydrogen (secondary N) is 2. The number of fused-ring (bicyclic) bond motifs is 6. The van der Waals surface area contributed by atoms with Gasteiger partial charge in [-0.05, 0) is 75.4 Å². The summed E-state index contributed by atoms with van der Waals surface area (Å²) in [4.78, 5) is 29.8. The summed E-state index contributed by atoms with van der Waals surface area (Å²) in [6.07, 6.45) is 2.52. The van der Waals surface area contributed by atoms with E-state index < -0.39 is 15.9 Å². The molecule has 1 saturated heterocycles. The molecule has 3 aromatic rings. The van der Waals surface area contributed by atoms with Crippen LogP contribution in [0.4, 0.5) is 11.6 Å². The zero-order valence-corrected chi connectivity index (χ0v) is 26.3. The summed E-state index contributed by atoms with van der Waals surface area (Å²) in [5.74, 6) is 0.464. The maximum absolute atomic E-state index is 13.6. The van der Waals surface area contributed by atoms with Crippen molar-refractivity contribution in [1.29, 1.82) is 0 Å². The van der Waals surface area contributed by atoms with Crippen LogP contribution in [0.3, 0.4) is 0 Å². The highest BCUT2D eigenvalue weighted by atomic mass is 35.5. The SMILES string of the molecule is CC(C)(C)c1ccc2c(n1)N1C[C@@H](CC[C@H](c3cccc(CN)n3)Nc3cccc(n3)S(=O)(=O)NC2=O)CC1(C)C.Cl. The maximum atomic E-state index is 13.6. The van der Waals surface area contributed by atoms with E-state index in [-0.39, 0.29) is 40.0 Å². The lowest BCUT2D eigenvalue weighted by Gasteiger charge is -2.34. The van der Waals surface area contributed by atoms with Gasteiger partial charge in [-0.1, -0.05) is 32.9 Å². The fraction of sp³-hybridized carbons (Fsp3) is 0.467. The number of nitrogens with two attached hydrogens (primary N) is 1. The van der Waals surface area contributed by atoms with Gasteiger partial charge >= 0.3 is 0 Å². The van der Waals surface area contributed by atoms with Gasteiger partial charge < -0.3 is 16.0 Å². The molecule has 42 heavy (non-hydrogen) atoms. The third kappa shape index (κ3) is 6.53. The number of aromatic nitrogens is 3. The van der Waals surface area contributed by atoms with Gasteiger partial charge in [0.25, 0.3) is 15.9 Å². The van der Waals surface area contributed by atoms with E-state index in [1.54, 1.807) is 24.3 Å². The van der Waals surface area contributed by atoms with Crippen molar-refractivity contribution in [3.63, 3.8) is 0 Å². The summed E-state index contributed by atoms with van der Waals surface area (Å²) in [7, 11) is -4.27. The van der Waals surface area contributed by atoms with E-state index in [0.29, 0.717) is 30.6 Å². The summed E-state index contributed by atoms with van der Waals surface area (Å²) in [6.45, 7) is 11.5. The number of rotatable bonds is 2. The van der Waals surface area contributed by atoms with Crippen molar-refractivity contribution in [3.8, 4) is 0 Å². The Kier molecular flexibility index (Phi) is 8.87. The van der Waals surface area contributed by atoms with E-state index in [1.807, 2.05) is 18.2 Å². The quantitative estimate of drug-likeness (QED) is 0.374. The first-order chi connectivity index (χ1) is 19.3. The molecule has 2 aliphatic rings. The molecule has 0 saturated carbocycles. The molecule has 0 aliphatic carbocycles. The number of anilines is 2. The van der Waals surface area contributed by atoms with Crippen LogP contribution in [0.1, 0.15) is 87.4 Å². The van der Waals surface area contributed by atoms with Gasteiger partial charge in [0.1, 0.15) is 11.6 Å². The van der Waals surface area contributed by atoms with E-state index in [1.165, 1.54) is 6.07 Å². The minimum atomic E-state index is -4.27. The van der Waals surface area contributed by atoms with Gasteiger partial charge in [0.05, 0.1) is 23.0 Å². The highest BCUT2D eigenvalue weighted by Crippen LogP contribution is 2.41. The van der Waals surface area contributed by atoms with E-state index in [0.717, 1.165) is 36.3 Å². The minimum absolute atomic E-state index is 0. The second kappa shape index (κ2) is 11.8. The molecule has 4 bridgehead atoms. The second-order valence-corrected chi connectivity index (χ2v) is 14.3. The van der Waals surface area contributed by atoms with E-state index in [2.05, 4.69) is 54.5 Å². The largest absolute Gasteiger partial charge is 0.362 e. The lowest BCUT2D eigenvalue weighted by molar-refractivity contribution is 0.0981. The molecule has 1 fully saturated rings. The number of hydrogen-bond donors (Lipinski definition) is 3. The number of amides is 1. The molecule has 3 aromatic heterocycles. The summed E-state index contributed by atoms with van der Waals surface area (Å²) >= 11 is 0. The van der Waals surface area contributed by atoms with Crippen molar-refractivity contribution in [2.75, 3.05) is 16.8 Å². The first kappa shape index (κ1) is 31.7. The zero-order valence-electron chi connectivity index (χ0n) is 24.7. The molecule has 5 heterocycles. The van der Waals surface area contributed by atoms with Crippen molar-refractivity contribution in [1.82, 2.24) is 19.7 Å². The topological polar surface area (TPSA) is 143 Å². The Bertz CT molecular complexity index is 1570. The summed E-state index contributed by atoms with van der Waals surface area (Å²) in [5.41, 5.74) is 7.96. The standard InChI is InChI=1S/C30H39N7O3S.ClH/c1-29(2,3)24-15-13-21-27(34-24)37-18-19(16-30(37,4)5)12-14-23(22-9-6-8-20(17-31)32-22)33-25-10-7-11-26(35-25)41(39,40)36-28(21)38;/h6-11,13,15,19,23H,12,14,16-18,31H2,1-5H3,(H,33,35)(H,36,38);1H/t19-,23+;/m0./s1. The molecule has 0 unspecified atom stereocenters. The third-order valence-corrected chi connectivity index (χ3v) is 9.14. The summed E-state index contributed by atoms with van der Waals surface area (Å²) in [5, 5.41) is 3.15. The van der Waals surface area contributed by atoms with Crippen molar-refractivity contribution >= 4 is 40.0 Å². The molecule has 5 rings (SSSR count). The molecular formula is C30H40ClN7O3S. The molecule has 2 aliphatic heterocycles. The third-order valence-electron chi connectivity index (χ3n) is 7.91. The van der Waals surface area contributed by atoms with Crippen LogP contribution in [0.25, 0.3) is 0 Å². The number of halogens is 1. The van der Waals surface area contributed by atoms with Crippen LogP contribution >= 0.6 is 12.4 Å². The van der Waals surface area contributed by atoms with Crippen LogP contribution in [0.2, 0.25) is 0 Å². The molecule has 0 spiro atoms. The van der Waals surface area contributed by atoms with E-state index >= 15 is 0 Å². The molecule has 0 aromatic carbocycles. The Morgan fingerprint density at radius 3 is 2.48 bits per heavy atom. The van der Waals surface area contributed by atoms with Crippen molar-refractivity contribution < 1.29 is 13.2 Å². The average molecular weight is 614 g/mol. The number of pyridine rings is 3. The number of sulfonamides is 1. The molecule has 0 radical (unpaired) electrons. The Hall–Kier alpha value is -3.28. The minimum Gasteiger partial charge on any atom is -0.362 e. The lowest BCUT2D eigenvalue weighted by atomic mass is 9.90. The lowest BCUT2D eigenvalue weighted by Crippen LogP contribution is -2.41. The Morgan fingerprint density at radius 2 is 1.76 bits per heavy atom. The van der Waals surface area contributed by atoms with Crippen LogP contribution in [0.15, 0.2) is 53.6 Å². The fourth-order valence-corrected chi connectivity index (χ4v) is 6.69. The normalized spacial score (nSPS) is 21.6. The average Bonchev–Trinajstić information content (AvgIpc) is 3.23. The van der Waals surface area contributed by atoms with E-state index in [9.17, 15) is 13.2 Å². The summed E-state index contributed by atoms with van der Waals surface area (Å²) < 4.78 is 29.0. The van der Waals surface area contributed by atoms with Gasteiger partial charge in [0.15, 0.2) is 5.03 Å². The van der Waals surface area contributed by atoms with Gasteiger partial charge in [0.2, 0.25) is 0 Å². The van der Waals surface area contributed by atoms with Crippen molar-refractivity contribution in [2.24, 2.45) is 11.7 Å². The van der Waals surface area contributed by atoms with Crippen LogP contribution < -0.4 is 20.7 Å². The highest BCUT2D eigenvalue weighted by molar-refractivity contribution is 7.90. The number of carbonyl (C=O) groups excluding carboxylic acids is 1. The molecule has 2 atom stereocenters.